The Morgan fingerprint density at radius 1 is 1.22 bits per heavy atom. The van der Waals surface area contributed by atoms with Gasteiger partial charge in [0.2, 0.25) is 0 Å². The summed E-state index contributed by atoms with van der Waals surface area (Å²) in [5.41, 5.74) is 0.280. The first-order chi connectivity index (χ1) is 8.60. The van der Waals surface area contributed by atoms with Gasteiger partial charge < -0.3 is 10.6 Å². The smallest absolute Gasteiger partial charge is 0.165 e. The number of nitrogens with one attached hydrogen (secondary N) is 2. The second-order valence-electron chi connectivity index (χ2n) is 3.66. The van der Waals surface area contributed by atoms with Crippen molar-refractivity contribution in [2.24, 2.45) is 0 Å². The minimum absolute atomic E-state index is 0.0691. The highest BCUT2D eigenvalue weighted by Gasteiger charge is 2.08. The van der Waals surface area contributed by atoms with E-state index in [4.69, 9.17) is 11.6 Å². The fraction of sp³-hybridized carbons (Fsp3) is 0.167. The first-order valence-corrected chi connectivity index (χ1v) is 5.72. The van der Waals surface area contributed by atoms with Crippen molar-refractivity contribution < 1.29 is 4.39 Å². The Hall–Kier alpha value is -1.88. The molecule has 2 aromatic rings. The van der Waals surface area contributed by atoms with E-state index < -0.39 is 5.82 Å². The first-order valence-electron chi connectivity index (χ1n) is 5.34. The highest BCUT2D eigenvalue weighted by Crippen LogP contribution is 2.25. The van der Waals surface area contributed by atoms with Gasteiger partial charge in [-0.1, -0.05) is 17.7 Å². The van der Waals surface area contributed by atoms with Crippen LogP contribution in [-0.4, -0.2) is 17.0 Å². The monoisotopic (exact) mass is 266 g/mol. The largest absolute Gasteiger partial charge is 0.373 e. The van der Waals surface area contributed by atoms with E-state index in [1.165, 1.54) is 6.07 Å². The fourth-order valence-corrected chi connectivity index (χ4v) is 1.67. The van der Waals surface area contributed by atoms with Crippen LogP contribution < -0.4 is 10.6 Å². The summed E-state index contributed by atoms with van der Waals surface area (Å²) < 4.78 is 13.7. The predicted octanol–water partition coefficient (Wildman–Crippen LogP) is 3.36. The SMILES string of the molecule is CNc1cc(Nc2cccc(Cl)c2F)nc(C)n1. The normalized spacial score (nSPS) is 10.2. The zero-order chi connectivity index (χ0) is 13.1. The minimum Gasteiger partial charge on any atom is -0.373 e. The Labute approximate surface area is 109 Å². The maximum absolute atomic E-state index is 13.7. The topological polar surface area (TPSA) is 49.8 Å². The summed E-state index contributed by atoms with van der Waals surface area (Å²) in [6.07, 6.45) is 0. The highest BCUT2D eigenvalue weighted by molar-refractivity contribution is 6.31. The molecule has 1 aromatic carbocycles. The molecule has 4 nitrogen and oxygen atoms in total. The van der Waals surface area contributed by atoms with Gasteiger partial charge in [-0.05, 0) is 19.1 Å². The van der Waals surface area contributed by atoms with Crippen LogP contribution in [-0.2, 0) is 0 Å². The van der Waals surface area contributed by atoms with E-state index in [1.807, 2.05) is 0 Å². The van der Waals surface area contributed by atoms with Crippen LogP contribution in [0.3, 0.4) is 0 Å². The maximum Gasteiger partial charge on any atom is 0.165 e. The van der Waals surface area contributed by atoms with Crippen molar-refractivity contribution in [1.29, 1.82) is 0 Å². The molecule has 2 rings (SSSR count). The second-order valence-corrected chi connectivity index (χ2v) is 4.07. The molecule has 0 amide bonds. The lowest BCUT2D eigenvalue weighted by atomic mass is 10.3. The van der Waals surface area contributed by atoms with E-state index in [-0.39, 0.29) is 10.7 Å². The molecule has 2 N–H and O–H groups in total. The van der Waals surface area contributed by atoms with Crippen LogP contribution in [0.25, 0.3) is 0 Å². The number of halogens is 2. The van der Waals surface area contributed by atoms with Crippen LogP contribution in [0.15, 0.2) is 24.3 Å². The number of rotatable bonds is 3. The van der Waals surface area contributed by atoms with E-state index in [1.54, 1.807) is 32.2 Å². The number of hydrogen-bond acceptors (Lipinski definition) is 4. The third kappa shape index (κ3) is 2.68. The molecule has 1 aromatic heterocycles. The van der Waals surface area contributed by atoms with Gasteiger partial charge in [0.15, 0.2) is 5.82 Å². The maximum atomic E-state index is 13.7. The third-order valence-electron chi connectivity index (χ3n) is 2.31. The van der Waals surface area contributed by atoms with Gasteiger partial charge in [-0.2, -0.15) is 0 Å². The summed E-state index contributed by atoms with van der Waals surface area (Å²) in [7, 11) is 1.76. The summed E-state index contributed by atoms with van der Waals surface area (Å²) in [5, 5.41) is 5.86. The molecule has 1 heterocycles. The minimum atomic E-state index is -0.499. The van der Waals surface area contributed by atoms with Crippen molar-refractivity contribution in [3.05, 3.63) is 40.9 Å². The van der Waals surface area contributed by atoms with Crippen molar-refractivity contribution in [1.82, 2.24) is 9.97 Å². The Morgan fingerprint density at radius 3 is 2.67 bits per heavy atom. The molecule has 0 bridgehead atoms. The Balaban J connectivity index is 2.34. The van der Waals surface area contributed by atoms with Crippen molar-refractivity contribution in [2.45, 2.75) is 6.92 Å². The molecule has 6 heteroatoms. The summed E-state index contributed by atoms with van der Waals surface area (Å²) in [5.74, 6) is 1.26. The Kier molecular flexibility index (Phi) is 3.62. The molecule has 0 saturated heterocycles. The number of anilines is 3. The van der Waals surface area contributed by atoms with Crippen LogP contribution in [0, 0.1) is 12.7 Å². The van der Waals surface area contributed by atoms with Crippen LogP contribution in [0.4, 0.5) is 21.7 Å². The van der Waals surface area contributed by atoms with Crippen LogP contribution in [0.5, 0.6) is 0 Å². The molecule has 0 aliphatic heterocycles. The standard InChI is InChI=1S/C12H12ClFN4/c1-7-16-10(15-2)6-11(17-7)18-9-5-3-4-8(13)12(9)14/h3-6H,1-2H3,(H2,15,16,17,18). The van der Waals surface area contributed by atoms with E-state index in [9.17, 15) is 4.39 Å². The molecule has 0 aliphatic carbocycles. The van der Waals surface area contributed by atoms with Gasteiger partial charge in [-0.25, -0.2) is 14.4 Å². The Morgan fingerprint density at radius 2 is 1.94 bits per heavy atom. The summed E-state index contributed by atoms with van der Waals surface area (Å²) in [4.78, 5) is 8.33. The van der Waals surface area contributed by atoms with Crippen molar-refractivity contribution in [2.75, 3.05) is 17.7 Å². The summed E-state index contributed by atoms with van der Waals surface area (Å²) in [6, 6.07) is 6.44. The number of hydrogen-bond donors (Lipinski definition) is 2. The van der Waals surface area contributed by atoms with Crippen LogP contribution in [0.2, 0.25) is 5.02 Å². The molecule has 0 atom stereocenters. The van der Waals surface area contributed by atoms with Gasteiger partial charge in [0, 0.05) is 13.1 Å². The molecule has 0 aliphatic rings. The van der Waals surface area contributed by atoms with Crippen LogP contribution in [0.1, 0.15) is 5.82 Å². The molecule has 0 unspecified atom stereocenters. The average molecular weight is 267 g/mol. The molecule has 0 fully saturated rings. The summed E-state index contributed by atoms with van der Waals surface area (Å²) in [6.45, 7) is 1.76. The second kappa shape index (κ2) is 5.18. The van der Waals surface area contributed by atoms with Crippen LogP contribution >= 0.6 is 11.6 Å². The zero-order valence-corrected chi connectivity index (χ0v) is 10.7. The summed E-state index contributed by atoms with van der Waals surface area (Å²) >= 11 is 5.71. The first kappa shape index (κ1) is 12.6. The number of nitrogens with zero attached hydrogens (tertiary/aromatic N) is 2. The van der Waals surface area contributed by atoms with Gasteiger partial charge in [-0.15, -0.1) is 0 Å². The average Bonchev–Trinajstić information content (AvgIpc) is 2.34. The third-order valence-corrected chi connectivity index (χ3v) is 2.60. The zero-order valence-electron chi connectivity index (χ0n) is 9.96. The van der Waals surface area contributed by atoms with Gasteiger partial charge in [0.05, 0.1) is 10.7 Å². The lowest BCUT2D eigenvalue weighted by Gasteiger charge is -2.09. The molecule has 0 radical (unpaired) electrons. The number of benzene rings is 1. The van der Waals surface area contributed by atoms with Crippen molar-refractivity contribution in [3.8, 4) is 0 Å². The van der Waals surface area contributed by atoms with E-state index in [2.05, 4.69) is 20.6 Å². The molecular weight excluding hydrogens is 255 g/mol. The van der Waals surface area contributed by atoms with Crippen molar-refractivity contribution in [3.63, 3.8) is 0 Å². The fourth-order valence-electron chi connectivity index (χ4n) is 1.50. The number of aromatic nitrogens is 2. The molecule has 0 spiro atoms. The molecule has 94 valence electrons. The van der Waals surface area contributed by atoms with Gasteiger partial charge in [0.1, 0.15) is 17.5 Å². The van der Waals surface area contributed by atoms with E-state index >= 15 is 0 Å². The van der Waals surface area contributed by atoms with Gasteiger partial charge in [-0.3, -0.25) is 0 Å². The molecule has 0 saturated carbocycles. The van der Waals surface area contributed by atoms with Gasteiger partial charge >= 0.3 is 0 Å². The number of aryl methyl sites for hydroxylation is 1. The molecular formula is C12H12ClFN4. The van der Waals surface area contributed by atoms with E-state index in [0.29, 0.717) is 17.5 Å². The molecule has 18 heavy (non-hydrogen) atoms. The lowest BCUT2D eigenvalue weighted by Crippen LogP contribution is -2.02. The highest BCUT2D eigenvalue weighted by atomic mass is 35.5. The van der Waals surface area contributed by atoms with Crippen molar-refractivity contribution >= 4 is 28.9 Å². The van der Waals surface area contributed by atoms with E-state index in [0.717, 1.165) is 0 Å². The lowest BCUT2D eigenvalue weighted by molar-refractivity contribution is 0.632. The quantitative estimate of drug-likeness (QED) is 0.894. The predicted molar refractivity (Wildman–Crippen MR) is 71.0 cm³/mol. The van der Waals surface area contributed by atoms with Gasteiger partial charge in [0.25, 0.3) is 0 Å². The Bertz CT molecular complexity index is 574.